The lowest BCUT2D eigenvalue weighted by Gasteiger charge is -2.36. The topological polar surface area (TPSA) is 225 Å². The fourth-order valence-electron chi connectivity index (χ4n) is 5.85. The van der Waals surface area contributed by atoms with Crippen molar-refractivity contribution in [1.29, 1.82) is 0 Å². The van der Waals surface area contributed by atoms with Gasteiger partial charge in [-0.3, -0.25) is 0 Å². The van der Waals surface area contributed by atoms with Crippen LogP contribution in [0.2, 0.25) is 0 Å². The van der Waals surface area contributed by atoms with Gasteiger partial charge in [0.25, 0.3) is 0 Å². The van der Waals surface area contributed by atoms with E-state index in [9.17, 15) is 0 Å². The molecule has 6 rings (SSSR count). The van der Waals surface area contributed by atoms with Gasteiger partial charge in [-0.1, -0.05) is 80.1 Å². The molecule has 6 aromatic heterocycles. The van der Waals surface area contributed by atoms with Crippen molar-refractivity contribution in [3.63, 3.8) is 0 Å². The van der Waals surface area contributed by atoms with Gasteiger partial charge in [0.15, 0.2) is 0 Å². The highest BCUT2D eigenvalue weighted by Crippen LogP contribution is 2.04. The Bertz CT molecular complexity index is 1820. The van der Waals surface area contributed by atoms with Crippen LogP contribution in [0.3, 0.4) is 0 Å². The SMILES string of the molecule is CCCCn1cc[n+](C)c1.CCCCn1cc[n+](C)c1.CCCCn1cc[n+](C)c1.CCCCn1cc[n+](C)c1.CCCCn1cc[n+](C)c1.CCCCn1cc[n+](C)c1.O=P([O-])([O-])[O-].O=P([O-])([O-])[O-]. The standard InChI is InChI=1S/6C8H15N2.2H3O4P/c6*1-3-4-5-10-7-6-9(2)8-10;2*1-5(2,3)4/h6*6-8H,3-5H2,1-2H3;2*(H3,1,2,3,4)/q6*+1;;/p-6. The maximum atomic E-state index is 8.55. The summed E-state index contributed by atoms with van der Waals surface area (Å²) in [5.41, 5.74) is 0. The molecular weight excluding hydrogens is 935 g/mol. The highest BCUT2D eigenvalue weighted by molar-refractivity contribution is 7.40. The van der Waals surface area contributed by atoms with Crippen LogP contribution in [0.5, 0.6) is 0 Å². The second-order valence-corrected chi connectivity index (χ2v) is 18.7. The van der Waals surface area contributed by atoms with Crippen molar-refractivity contribution in [2.75, 3.05) is 0 Å². The third-order valence-corrected chi connectivity index (χ3v) is 9.56. The summed E-state index contributed by atoms with van der Waals surface area (Å²) in [5.74, 6) is 0. The molecule has 0 fully saturated rings. The number of imidazole rings is 6. The summed E-state index contributed by atoms with van der Waals surface area (Å²) in [7, 11) is 1.49. The Morgan fingerprint density at radius 2 is 0.414 bits per heavy atom. The Morgan fingerprint density at radius 1 is 0.300 bits per heavy atom. The van der Waals surface area contributed by atoms with Crippen LogP contribution in [0, 0.1) is 0 Å². The molecule has 400 valence electrons. The van der Waals surface area contributed by atoms with Crippen LogP contribution < -0.4 is 56.8 Å². The Labute approximate surface area is 420 Å². The molecule has 0 saturated heterocycles. The summed E-state index contributed by atoms with van der Waals surface area (Å²) in [6, 6.07) is 0. The Morgan fingerprint density at radius 3 is 0.486 bits per heavy atom. The minimum Gasteiger partial charge on any atom is -0.822 e. The summed E-state index contributed by atoms with van der Waals surface area (Å²) in [4.78, 5) is 51.3. The molecule has 0 amide bonds. The normalized spacial score (nSPS) is 10.4. The van der Waals surface area contributed by atoms with Gasteiger partial charge in [-0.05, 0) is 38.5 Å². The third-order valence-electron chi connectivity index (χ3n) is 9.56. The van der Waals surface area contributed by atoms with Crippen molar-refractivity contribution in [2.45, 2.75) is 158 Å². The van der Waals surface area contributed by atoms with Gasteiger partial charge in [0.2, 0.25) is 38.0 Å². The maximum Gasteiger partial charge on any atom is 0.243 e. The number of hydrogen-bond donors (Lipinski definition) is 0. The first-order chi connectivity index (χ1) is 33.0. The van der Waals surface area contributed by atoms with Gasteiger partial charge in [0.05, 0.1) is 81.6 Å². The summed E-state index contributed by atoms with van der Waals surface area (Å²) in [6.45, 7) is 20.2. The molecule has 0 radical (unpaired) electrons. The highest BCUT2D eigenvalue weighted by Gasteiger charge is 2.01. The van der Waals surface area contributed by atoms with Crippen molar-refractivity contribution in [3.8, 4) is 0 Å². The van der Waals surface area contributed by atoms with E-state index in [1.807, 2.05) is 42.3 Å². The monoisotopic (exact) mass is 1020 g/mol. The second kappa shape index (κ2) is 41.1. The van der Waals surface area contributed by atoms with Crippen LogP contribution in [0.4, 0.5) is 0 Å². The molecule has 6 aromatic rings. The molecule has 0 atom stereocenters. The molecule has 0 aliphatic carbocycles. The van der Waals surface area contributed by atoms with Gasteiger partial charge in [-0.15, -0.1) is 0 Å². The molecule has 0 unspecified atom stereocenters. The zero-order valence-corrected chi connectivity index (χ0v) is 46.4. The zero-order valence-electron chi connectivity index (χ0n) is 44.6. The van der Waals surface area contributed by atoms with Crippen molar-refractivity contribution >= 4 is 15.6 Å². The van der Waals surface area contributed by atoms with Crippen molar-refractivity contribution in [1.82, 2.24) is 27.4 Å². The number of aryl methyl sites for hydroxylation is 12. The molecule has 0 spiro atoms. The molecule has 0 aromatic carbocycles. The van der Waals surface area contributed by atoms with Gasteiger partial charge in [-0.2, -0.15) is 15.6 Å². The van der Waals surface area contributed by atoms with Gasteiger partial charge >= 0.3 is 0 Å². The van der Waals surface area contributed by atoms with Gasteiger partial charge in [0, 0.05) is 0 Å². The number of rotatable bonds is 18. The fraction of sp³-hybridized carbons (Fsp3) is 0.625. The Balaban J connectivity index is 0. The lowest BCUT2D eigenvalue weighted by Crippen LogP contribution is -2.24. The van der Waals surface area contributed by atoms with Crippen molar-refractivity contribution in [3.05, 3.63) is 112 Å². The Hall–Kier alpha value is -4.52. The predicted octanol–water partition coefficient (Wildman–Crippen LogP) is 1.03. The molecule has 0 bridgehead atoms. The van der Waals surface area contributed by atoms with Gasteiger partial charge in [0.1, 0.15) is 74.4 Å². The highest BCUT2D eigenvalue weighted by atomic mass is 31.2. The van der Waals surface area contributed by atoms with Gasteiger partial charge < -0.3 is 38.5 Å². The lowest BCUT2D eigenvalue weighted by atomic mass is 10.3. The van der Waals surface area contributed by atoms with E-state index in [2.05, 4.69) is 209 Å². The fourth-order valence-corrected chi connectivity index (χ4v) is 5.85. The average Bonchev–Trinajstić information content (AvgIpc) is 4.17. The smallest absolute Gasteiger partial charge is 0.243 e. The van der Waals surface area contributed by atoms with E-state index in [0.717, 1.165) is 39.3 Å². The molecule has 0 aliphatic rings. The summed E-state index contributed by atoms with van der Waals surface area (Å²) >= 11 is 0. The quantitative estimate of drug-likeness (QED) is 0.0891. The van der Waals surface area contributed by atoms with E-state index in [0.29, 0.717) is 0 Å². The average molecular weight is 1030 g/mol. The number of aromatic nitrogens is 12. The lowest BCUT2D eigenvalue weighted by molar-refractivity contribution is -0.671. The molecule has 0 N–H and O–H groups in total. The van der Waals surface area contributed by atoms with E-state index in [-0.39, 0.29) is 0 Å². The Kier molecular flexibility index (Phi) is 39.7. The molecule has 6 heterocycles. The van der Waals surface area contributed by atoms with Crippen LogP contribution >= 0.6 is 15.6 Å². The van der Waals surface area contributed by atoms with E-state index < -0.39 is 15.6 Å². The second-order valence-electron chi connectivity index (χ2n) is 16.9. The first-order valence-corrected chi connectivity index (χ1v) is 27.4. The molecular formula is C48H90N12O8P2. The molecule has 22 heteroatoms. The van der Waals surface area contributed by atoms with E-state index in [1.165, 1.54) is 77.0 Å². The van der Waals surface area contributed by atoms with Gasteiger partial charge in [-0.25, -0.2) is 54.8 Å². The zero-order chi connectivity index (χ0) is 53.4. The van der Waals surface area contributed by atoms with Crippen LogP contribution in [-0.4, -0.2) is 27.4 Å². The van der Waals surface area contributed by atoms with Crippen molar-refractivity contribution in [2.24, 2.45) is 42.3 Å². The summed E-state index contributed by atoms with van der Waals surface area (Å²) in [6.07, 6.45) is 52.9. The first-order valence-electron chi connectivity index (χ1n) is 24.5. The minimum absolute atomic E-state index is 1.15. The number of hydrogen-bond acceptors (Lipinski definition) is 8. The van der Waals surface area contributed by atoms with Crippen LogP contribution in [0.15, 0.2) is 112 Å². The van der Waals surface area contributed by atoms with Crippen LogP contribution in [0.1, 0.15) is 119 Å². The molecule has 0 aliphatic heterocycles. The summed E-state index contributed by atoms with van der Waals surface area (Å²) < 4.78 is 42.8. The molecule has 70 heavy (non-hydrogen) atoms. The van der Waals surface area contributed by atoms with E-state index >= 15 is 0 Å². The minimum atomic E-state index is -5.39. The number of phosphoric acid groups is 2. The number of nitrogens with zero attached hydrogens (tertiary/aromatic N) is 12. The summed E-state index contributed by atoms with van der Waals surface area (Å²) in [5, 5.41) is 0. The maximum absolute atomic E-state index is 8.55. The van der Waals surface area contributed by atoms with Crippen LogP contribution in [0.25, 0.3) is 0 Å². The van der Waals surface area contributed by atoms with E-state index in [4.69, 9.17) is 38.5 Å². The number of unbranched alkanes of at least 4 members (excludes halogenated alkanes) is 6. The third kappa shape index (κ3) is 45.9. The van der Waals surface area contributed by atoms with Crippen molar-refractivity contribution < 1.29 is 65.9 Å². The predicted molar refractivity (Wildman–Crippen MR) is 258 cm³/mol. The largest absolute Gasteiger partial charge is 0.822 e. The molecule has 0 saturated carbocycles. The first kappa shape index (κ1) is 67.6. The van der Waals surface area contributed by atoms with E-state index in [1.54, 1.807) is 0 Å². The van der Waals surface area contributed by atoms with Crippen LogP contribution in [-0.2, 0) is 90.7 Å². The molecule has 20 nitrogen and oxygen atoms in total.